The van der Waals surface area contributed by atoms with Crippen LogP contribution in [0.5, 0.6) is 0 Å². The number of nitro groups is 1. The van der Waals surface area contributed by atoms with E-state index in [1.165, 1.54) is 17.8 Å². The highest BCUT2D eigenvalue weighted by atomic mass is 32.2. The van der Waals surface area contributed by atoms with Gasteiger partial charge in [0.25, 0.3) is 0 Å². The van der Waals surface area contributed by atoms with Gasteiger partial charge in [-0.25, -0.2) is 0 Å². The van der Waals surface area contributed by atoms with Gasteiger partial charge in [-0.3, -0.25) is 14.9 Å². The molecule has 0 spiro atoms. The summed E-state index contributed by atoms with van der Waals surface area (Å²) in [4.78, 5) is 21.7. The quantitative estimate of drug-likeness (QED) is 0.474. The van der Waals surface area contributed by atoms with Crippen LogP contribution in [0.3, 0.4) is 0 Å². The second-order valence-electron chi connectivity index (χ2n) is 4.28. The van der Waals surface area contributed by atoms with Gasteiger partial charge in [-0.2, -0.15) is 4.39 Å². The van der Waals surface area contributed by atoms with E-state index < -0.39 is 16.4 Å². The van der Waals surface area contributed by atoms with Crippen molar-refractivity contribution in [3.05, 3.63) is 34.1 Å². The Balaban J connectivity index is 2.66. The topological polar surface area (TPSA) is 72.2 Å². The Morgan fingerprint density at radius 1 is 1.55 bits per heavy atom. The van der Waals surface area contributed by atoms with Crippen molar-refractivity contribution in [1.82, 2.24) is 0 Å². The molecule has 1 aromatic rings. The number of benzene rings is 1. The summed E-state index contributed by atoms with van der Waals surface area (Å²) < 4.78 is 13.2. The summed E-state index contributed by atoms with van der Waals surface area (Å²) in [6.07, 6.45) is 2.09. The minimum absolute atomic E-state index is 0.228. The normalized spacial score (nSPS) is 11.9. The molecule has 1 rings (SSSR count). The van der Waals surface area contributed by atoms with E-state index in [4.69, 9.17) is 0 Å². The third-order valence-electron chi connectivity index (χ3n) is 2.65. The first kappa shape index (κ1) is 16.4. The second-order valence-corrected chi connectivity index (χ2v) is 5.73. The van der Waals surface area contributed by atoms with Gasteiger partial charge in [0.15, 0.2) is 0 Å². The molecule has 20 heavy (non-hydrogen) atoms. The van der Waals surface area contributed by atoms with Gasteiger partial charge in [0.2, 0.25) is 11.7 Å². The van der Waals surface area contributed by atoms with E-state index in [-0.39, 0.29) is 16.8 Å². The van der Waals surface area contributed by atoms with Crippen LogP contribution in [0.25, 0.3) is 0 Å². The minimum atomic E-state index is -0.918. The predicted octanol–water partition coefficient (Wildman–Crippen LogP) is 3.59. The van der Waals surface area contributed by atoms with Gasteiger partial charge in [0.05, 0.1) is 10.2 Å². The largest absolute Gasteiger partial charge is 0.325 e. The summed E-state index contributed by atoms with van der Waals surface area (Å²) in [6.45, 7) is 3.84. The summed E-state index contributed by atoms with van der Waals surface area (Å²) in [5.74, 6) is -0.278. The average Bonchev–Trinajstić information content (AvgIpc) is 2.40. The zero-order valence-electron chi connectivity index (χ0n) is 11.4. The van der Waals surface area contributed by atoms with Crippen LogP contribution in [0.1, 0.15) is 26.7 Å². The monoisotopic (exact) mass is 300 g/mol. The van der Waals surface area contributed by atoms with Crippen LogP contribution in [0.15, 0.2) is 18.2 Å². The fourth-order valence-corrected chi connectivity index (χ4v) is 2.47. The van der Waals surface area contributed by atoms with Crippen LogP contribution in [-0.2, 0) is 4.79 Å². The number of nitrogens with one attached hydrogen (secondary N) is 1. The van der Waals surface area contributed by atoms with Crippen molar-refractivity contribution in [3.8, 4) is 0 Å². The zero-order chi connectivity index (χ0) is 15.1. The fraction of sp³-hybridized carbons (Fsp3) is 0.462. The Labute approximate surface area is 121 Å². The van der Waals surface area contributed by atoms with E-state index in [0.29, 0.717) is 0 Å². The summed E-state index contributed by atoms with van der Waals surface area (Å²) in [5, 5.41) is 12.9. The minimum Gasteiger partial charge on any atom is -0.325 e. The highest BCUT2D eigenvalue weighted by Crippen LogP contribution is 2.22. The lowest BCUT2D eigenvalue weighted by Crippen LogP contribution is -2.22. The smallest absolute Gasteiger partial charge is 0.306 e. The zero-order valence-corrected chi connectivity index (χ0v) is 12.2. The first-order chi connectivity index (χ1) is 9.45. The average molecular weight is 300 g/mol. The number of carbonyl (C=O) groups is 1. The van der Waals surface area contributed by atoms with Crippen LogP contribution in [0, 0.1) is 15.9 Å². The number of rotatable bonds is 7. The van der Waals surface area contributed by atoms with Crippen molar-refractivity contribution >= 4 is 29.0 Å². The molecule has 1 amide bonds. The van der Waals surface area contributed by atoms with Crippen molar-refractivity contribution < 1.29 is 14.1 Å². The summed E-state index contributed by atoms with van der Waals surface area (Å²) in [5.41, 5.74) is -0.417. The Kier molecular flexibility index (Phi) is 6.44. The van der Waals surface area contributed by atoms with Crippen molar-refractivity contribution in [2.24, 2.45) is 0 Å². The molecule has 1 unspecified atom stereocenters. The number of unbranched alkanes of at least 4 members (excludes halogenated alkanes) is 1. The van der Waals surface area contributed by atoms with Crippen molar-refractivity contribution in [2.75, 3.05) is 11.1 Å². The van der Waals surface area contributed by atoms with Crippen molar-refractivity contribution in [1.29, 1.82) is 0 Å². The molecule has 7 heteroatoms. The Bertz CT molecular complexity index is 497. The number of nitrogens with zero attached hydrogens (tertiary/aromatic N) is 1. The first-order valence-electron chi connectivity index (χ1n) is 6.32. The van der Waals surface area contributed by atoms with Gasteiger partial charge in [-0.05, 0) is 31.2 Å². The molecule has 0 aromatic heterocycles. The molecule has 0 aliphatic heterocycles. The predicted molar refractivity (Wildman–Crippen MR) is 78.5 cm³/mol. The Morgan fingerprint density at radius 2 is 2.25 bits per heavy atom. The molecule has 0 aliphatic carbocycles. The van der Waals surface area contributed by atoms with Gasteiger partial charge in [0, 0.05) is 11.8 Å². The van der Waals surface area contributed by atoms with Crippen LogP contribution in [0.4, 0.5) is 15.8 Å². The molecule has 110 valence electrons. The third-order valence-corrected chi connectivity index (χ3v) is 3.88. The van der Waals surface area contributed by atoms with Gasteiger partial charge in [-0.15, -0.1) is 11.8 Å². The van der Waals surface area contributed by atoms with E-state index in [0.717, 1.165) is 30.7 Å². The summed E-state index contributed by atoms with van der Waals surface area (Å²) in [6, 6.07) is 3.31. The molecule has 5 nitrogen and oxygen atoms in total. The molecule has 0 bridgehead atoms. The number of hydrogen-bond donors (Lipinski definition) is 1. The van der Waals surface area contributed by atoms with E-state index in [1.807, 2.05) is 0 Å². The molecule has 0 heterocycles. The van der Waals surface area contributed by atoms with Crippen LogP contribution in [-0.4, -0.2) is 21.8 Å². The standard InChI is InChI=1S/C13H17FN2O3S/c1-3-4-7-20-9(2)13(17)15-10-5-6-11(14)12(8-10)16(18)19/h5-6,8-9H,3-4,7H2,1-2H3,(H,15,17). The number of hydrogen-bond acceptors (Lipinski definition) is 4. The number of anilines is 1. The van der Waals surface area contributed by atoms with Gasteiger partial charge < -0.3 is 5.32 Å². The molecular weight excluding hydrogens is 283 g/mol. The lowest BCUT2D eigenvalue weighted by Gasteiger charge is -2.11. The second kappa shape index (κ2) is 7.84. The molecule has 0 saturated carbocycles. The van der Waals surface area contributed by atoms with Crippen molar-refractivity contribution in [3.63, 3.8) is 0 Å². The molecule has 0 aliphatic rings. The molecule has 1 aromatic carbocycles. The van der Waals surface area contributed by atoms with Gasteiger partial charge in [0.1, 0.15) is 0 Å². The van der Waals surface area contributed by atoms with Gasteiger partial charge >= 0.3 is 5.69 Å². The number of halogens is 1. The van der Waals surface area contributed by atoms with Crippen LogP contribution < -0.4 is 5.32 Å². The Hall–Kier alpha value is -1.63. The number of nitro benzene ring substituents is 1. The van der Waals surface area contributed by atoms with E-state index >= 15 is 0 Å². The maximum atomic E-state index is 13.2. The third kappa shape index (κ3) is 4.80. The highest BCUT2D eigenvalue weighted by molar-refractivity contribution is 8.00. The molecule has 1 N–H and O–H groups in total. The molecule has 1 atom stereocenters. The number of amides is 1. The molecule has 0 saturated heterocycles. The molecule has 0 fully saturated rings. The maximum absolute atomic E-state index is 13.2. The summed E-state index contributed by atoms with van der Waals surface area (Å²) in [7, 11) is 0. The lowest BCUT2D eigenvalue weighted by atomic mass is 10.2. The first-order valence-corrected chi connectivity index (χ1v) is 7.37. The highest BCUT2D eigenvalue weighted by Gasteiger charge is 2.17. The number of carbonyl (C=O) groups excluding carboxylic acids is 1. The Morgan fingerprint density at radius 3 is 2.85 bits per heavy atom. The molecular formula is C13H17FN2O3S. The van der Waals surface area contributed by atoms with Crippen LogP contribution >= 0.6 is 11.8 Å². The van der Waals surface area contributed by atoms with Crippen LogP contribution in [0.2, 0.25) is 0 Å². The van der Waals surface area contributed by atoms with Crippen molar-refractivity contribution in [2.45, 2.75) is 31.9 Å². The SMILES string of the molecule is CCCCSC(C)C(=O)Nc1ccc(F)c([N+](=O)[O-])c1. The molecule has 0 radical (unpaired) electrons. The van der Waals surface area contributed by atoms with Gasteiger partial charge in [-0.1, -0.05) is 13.3 Å². The lowest BCUT2D eigenvalue weighted by molar-refractivity contribution is -0.387. The maximum Gasteiger partial charge on any atom is 0.306 e. The van der Waals surface area contributed by atoms with E-state index in [9.17, 15) is 19.3 Å². The number of thioether (sulfide) groups is 1. The fourth-order valence-electron chi connectivity index (χ4n) is 1.45. The summed E-state index contributed by atoms with van der Waals surface area (Å²) >= 11 is 1.52. The van der Waals surface area contributed by atoms with E-state index in [2.05, 4.69) is 12.2 Å². The van der Waals surface area contributed by atoms with E-state index in [1.54, 1.807) is 6.92 Å².